The largest absolute Gasteiger partial charge is 0.756 e. The normalized spacial score (nSPS) is 14.8. The summed E-state index contributed by atoms with van der Waals surface area (Å²) in [6, 6.07) is 0. The second-order valence-corrected chi connectivity index (χ2v) is 17.4. The number of ether oxygens (including phenoxy) is 2. The molecule has 0 rings (SSSR count). The van der Waals surface area contributed by atoms with Gasteiger partial charge in [-0.25, -0.2) is 0 Å². The molecule has 0 saturated carbocycles. The molecule has 1 N–H and O–H groups in total. The number of phosphoric acid groups is 1. The van der Waals surface area contributed by atoms with Crippen molar-refractivity contribution in [1.29, 1.82) is 0 Å². The van der Waals surface area contributed by atoms with E-state index in [-0.39, 0.29) is 32.3 Å². The fraction of sp³-hybridized carbons (Fsp3) is 0.761. The minimum atomic E-state index is -4.57. The number of unbranched alkanes of at least 4 members (excludes halogenated alkanes) is 16. The van der Waals surface area contributed by atoms with Crippen LogP contribution in [0.2, 0.25) is 0 Å². The number of allylic oxidation sites excluding steroid dienone is 8. The molecular formula is C46H84NO8P. The number of hydrogen-bond donors (Lipinski definition) is 1. The summed E-state index contributed by atoms with van der Waals surface area (Å²) in [4.78, 5) is 25.0. The molecular weight excluding hydrogens is 725 g/mol. The van der Waals surface area contributed by atoms with Crippen molar-refractivity contribution in [3.63, 3.8) is 0 Å². The standard InChI is InChI=1S/C46H84NO8P/c1-6-8-10-11-12-13-14-15-16-17-20-23-26-29-32-35-40-52-42-45(43-54-56(50,51)53-41-39-47(3,4)5)55-46(49)38-34-31-28-25-22-19-18-21-24-27-30-33-37-44(48)36-9-7-2/h18-19,24-25,27-28,33,35,37,40,44-45,48H,6-17,20-23,26,29-32,34,36,38-39,41-43H2,1-5H3/b19-18-,27-24-,28-25-,37-33-,40-35+/t44-,45-/m1/s1. The van der Waals surface area contributed by atoms with Crippen LogP contribution in [0, 0.1) is 0 Å². The molecule has 9 nitrogen and oxygen atoms in total. The van der Waals surface area contributed by atoms with Crippen molar-refractivity contribution in [3.8, 4) is 0 Å². The zero-order valence-corrected chi connectivity index (χ0v) is 37.3. The lowest BCUT2D eigenvalue weighted by Gasteiger charge is -2.28. The lowest BCUT2D eigenvalue weighted by molar-refractivity contribution is -0.870. The SMILES string of the molecule is CCCCCCCCCCCCCCCC/C=C/OC[C@H](COP(=O)([O-])OCC[N+](C)(C)C)OC(=O)CCC/C=C\C/C=C\C/C=C\C/C=C\[C@H](O)CCCC. The molecule has 56 heavy (non-hydrogen) atoms. The molecule has 10 heteroatoms. The van der Waals surface area contributed by atoms with Gasteiger partial charge in [-0.15, -0.1) is 0 Å². The summed E-state index contributed by atoms with van der Waals surface area (Å²) < 4.78 is 34.2. The van der Waals surface area contributed by atoms with Crippen LogP contribution >= 0.6 is 7.82 Å². The first-order chi connectivity index (χ1) is 27.0. The van der Waals surface area contributed by atoms with Crippen LogP contribution in [0.25, 0.3) is 0 Å². The quantitative estimate of drug-likeness (QED) is 0.0162. The van der Waals surface area contributed by atoms with Crippen molar-refractivity contribution in [3.05, 3.63) is 60.9 Å². The molecule has 0 aliphatic heterocycles. The minimum Gasteiger partial charge on any atom is -0.756 e. The van der Waals surface area contributed by atoms with Crippen LogP contribution < -0.4 is 4.89 Å². The first-order valence-electron chi connectivity index (χ1n) is 22.2. The van der Waals surface area contributed by atoms with Crippen LogP contribution in [-0.2, 0) is 27.9 Å². The van der Waals surface area contributed by atoms with Crippen molar-refractivity contribution in [2.75, 3.05) is 47.5 Å². The fourth-order valence-corrected chi connectivity index (χ4v) is 6.43. The molecule has 0 aliphatic carbocycles. The summed E-state index contributed by atoms with van der Waals surface area (Å²) in [6.07, 6.45) is 45.3. The molecule has 0 aliphatic rings. The number of phosphoric ester groups is 1. The molecule has 0 spiro atoms. The number of esters is 1. The molecule has 3 atom stereocenters. The maximum absolute atomic E-state index is 12.6. The van der Waals surface area contributed by atoms with E-state index in [0.717, 1.165) is 57.8 Å². The topological polar surface area (TPSA) is 114 Å². The summed E-state index contributed by atoms with van der Waals surface area (Å²) in [5, 5.41) is 9.82. The molecule has 0 amide bonds. The van der Waals surface area contributed by atoms with Gasteiger partial charge >= 0.3 is 5.97 Å². The van der Waals surface area contributed by atoms with Crippen LogP contribution in [0.5, 0.6) is 0 Å². The van der Waals surface area contributed by atoms with Crippen LogP contribution in [0.3, 0.4) is 0 Å². The Morgan fingerprint density at radius 1 is 0.661 bits per heavy atom. The second kappa shape index (κ2) is 38.5. The third-order valence-corrected chi connectivity index (χ3v) is 10.2. The van der Waals surface area contributed by atoms with E-state index in [9.17, 15) is 19.4 Å². The Balaban J connectivity index is 4.42. The summed E-state index contributed by atoms with van der Waals surface area (Å²) >= 11 is 0. The van der Waals surface area contributed by atoms with E-state index in [0.29, 0.717) is 17.4 Å². The van der Waals surface area contributed by atoms with Gasteiger partial charge in [-0.3, -0.25) is 9.36 Å². The maximum atomic E-state index is 12.6. The number of aliphatic hydroxyl groups excluding tert-OH is 1. The molecule has 0 bridgehead atoms. The van der Waals surface area contributed by atoms with Gasteiger partial charge in [0, 0.05) is 6.42 Å². The number of carbonyl (C=O) groups excluding carboxylic acids is 1. The first kappa shape index (κ1) is 54.0. The molecule has 326 valence electrons. The molecule has 1 unspecified atom stereocenters. The van der Waals surface area contributed by atoms with Gasteiger partial charge in [0.15, 0.2) is 6.10 Å². The van der Waals surface area contributed by atoms with Gasteiger partial charge in [0.25, 0.3) is 7.82 Å². The Hall–Kier alpha value is -2.00. The van der Waals surface area contributed by atoms with Crippen molar-refractivity contribution in [2.24, 2.45) is 0 Å². The number of aliphatic hydroxyl groups is 1. The molecule has 0 aromatic heterocycles. The Bertz CT molecular complexity index is 1100. The average molecular weight is 810 g/mol. The van der Waals surface area contributed by atoms with Crippen LogP contribution in [0.4, 0.5) is 0 Å². The highest BCUT2D eigenvalue weighted by Gasteiger charge is 2.20. The lowest BCUT2D eigenvalue weighted by atomic mass is 10.0. The van der Waals surface area contributed by atoms with E-state index in [1.54, 1.807) is 6.26 Å². The lowest BCUT2D eigenvalue weighted by Crippen LogP contribution is -2.37. The van der Waals surface area contributed by atoms with E-state index < -0.39 is 19.9 Å². The van der Waals surface area contributed by atoms with Gasteiger partial charge in [0.1, 0.15) is 19.8 Å². The number of carbonyl (C=O) groups is 1. The van der Waals surface area contributed by atoms with E-state index in [2.05, 4.69) is 50.3 Å². The molecule has 0 radical (unpaired) electrons. The number of hydrogen-bond acceptors (Lipinski definition) is 8. The Morgan fingerprint density at radius 3 is 1.75 bits per heavy atom. The highest BCUT2D eigenvalue weighted by Crippen LogP contribution is 2.38. The van der Waals surface area contributed by atoms with Gasteiger partial charge in [0.05, 0.1) is 40.1 Å². The smallest absolute Gasteiger partial charge is 0.306 e. The van der Waals surface area contributed by atoms with Crippen LogP contribution in [0.15, 0.2) is 60.9 Å². The zero-order valence-electron chi connectivity index (χ0n) is 36.4. The van der Waals surface area contributed by atoms with Gasteiger partial charge in [-0.1, -0.05) is 159 Å². The summed E-state index contributed by atoms with van der Waals surface area (Å²) in [5.41, 5.74) is 0. The third kappa shape index (κ3) is 41.6. The highest BCUT2D eigenvalue weighted by molar-refractivity contribution is 7.45. The average Bonchev–Trinajstić information content (AvgIpc) is 3.15. The van der Waals surface area contributed by atoms with Gasteiger partial charge in [-0.2, -0.15) is 0 Å². The highest BCUT2D eigenvalue weighted by atomic mass is 31.2. The summed E-state index contributed by atoms with van der Waals surface area (Å²) in [5.74, 6) is -0.425. The molecule has 0 aromatic rings. The van der Waals surface area contributed by atoms with Crippen molar-refractivity contribution in [2.45, 2.75) is 180 Å². The number of rotatable bonds is 40. The van der Waals surface area contributed by atoms with E-state index in [1.807, 2.05) is 39.4 Å². The first-order valence-corrected chi connectivity index (χ1v) is 23.6. The second-order valence-electron chi connectivity index (χ2n) is 15.9. The Morgan fingerprint density at radius 2 is 1.18 bits per heavy atom. The van der Waals surface area contributed by atoms with Crippen LogP contribution in [-0.4, -0.2) is 75.3 Å². The van der Waals surface area contributed by atoms with E-state index in [4.69, 9.17) is 18.5 Å². The monoisotopic (exact) mass is 810 g/mol. The van der Waals surface area contributed by atoms with E-state index >= 15 is 0 Å². The van der Waals surface area contributed by atoms with Crippen molar-refractivity contribution >= 4 is 13.8 Å². The molecule has 0 saturated heterocycles. The predicted molar refractivity (Wildman–Crippen MR) is 232 cm³/mol. The third-order valence-electron chi connectivity index (χ3n) is 9.21. The van der Waals surface area contributed by atoms with Gasteiger partial charge < -0.3 is 33.0 Å². The van der Waals surface area contributed by atoms with Gasteiger partial charge in [0.2, 0.25) is 0 Å². The number of quaternary nitrogens is 1. The van der Waals surface area contributed by atoms with E-state index in [1.165, 1.54) is 83.5 Å². The molecule has 0 aromatic carbocycles. The zero-order chi connectivity index (χ0) is 41.4. The molecule has 0 heterocycles. The summed E-state index contributed by atoms with van der Waals surface area (Å²) in [6.45, 7) is 4.50. The number of likely N-dealkylation sites (N-methyl/N-ethyl adjacent to an activating group) is 1. The maximum Gasteiger partial charge on any atom is 0.306 e. The Labute approximate surface area is 343 Å². The predicted octanol–water partition coefficient (Wildman–Crippen LogP) is 11.6. The van der Waals surface area contributed by atoms with Crippen molar-refractivity contribution < 1.29 is 42.4 Å². The Kier molecular flexibility index (Phi) is 37.1. The molecule has 0 fully saturated rings. The van der Waals surface area contributed by atoms with Gasteiger partial charge in [-0.05, 0) is 57.4 Å². The fourth-order valence-electron chi connectivity index (χ4n) is 5.70. The van der Waals surface area contributed by atoms with Crippen molar-refractivity contribution in [1.82, 2.24) is 0 Å². The van der Waals surface area contributed by atoms with Crippen LogP contribution in [0.1, 0.15) is 168 Å². The minimum absolute atomic E-state index is 0.00283. The summed E-state index contributed by atoms with van der Waals surface area (Å²) in [7, 11) is 1.26. The number of nitrogens with zero attached hydrogens (tertiary/aromatic N) is 1.